The summed E-state index contributed by atoms with van der Waals surface area (Å²) in [5.41, 5.74) is 0.432. The van der Waals surface area contributed by atoms with Crippen molar-refractivity contribution in [2.24, 2.45) is 5.92 Å². The van der Waals surface area contributed by atoms with E-state index in [9.17, 15) is 26.7 Å². The molecule has 1 aromatic carbocycles. The first-order valence-corrected chi connectivity index (χ1v) is 10.5. The second-order valence-electron chi connectivity index (χ2n) is 8.29. The van der Waals surface area contributed by atoms with Crippen LogP contribution in [-0.4, -0.2) is 55.7 Å². The molecule has 0 atom stereocenters. The van der Waals surface area contributed by atoms with Gasteiger partial charge in [0.25, 0.3) is 0 Å². The molecule has 1 saturated heterocycles. The lowest BCUT2D eigenvalue weighted by Gasteiger charge is -2.37. The Morgan fingerprint density at radius 3 is 2.30 bits per heavy atom. The summed E-state index contributed by atoms with van der Waals surface area (Å²) in [5, 5.41) is 2.50. The van der Waals surface area contributed by atoms with Crippen LogP contribution in [0.4, 0.5) is 27.6 Å². The van der Waals surface area contributed by atoms with E-state index >= 15 is 0 Å². The van der Waals surface area contributed by atoms with Gasteiger partial charge in [0.15, 0.2) is 0 Å². The molecule has 3 rings (SSSR count). The third-order valence-electron chi connectivity index (χ3n) is 6.05. The molecule has 1 saturated carbocycles. The molecule has 0 unspecified atom stereocenters. The van der Waals surface area contributed by atoms with Crippen molar-refractivity contribution in [3.8, 4) is 0 Å². The maximum Gasteiger partial charge on any atom is 0.397 e. The Morgan fingerprint density at radius 2 is 1.70 bits per heavy atom. The van der Waals surface area contributed by atoms with Gasteiger partial charge in [-0.25, -0.2) is 8.78 Å². The first-order valence-electron chi connectivity index (χ1n) is 10.5. The van der Waals surface area contributed by atoms with Crippen LogP contribution in [-0.2, 0) is 4.79 Å². The average Bonchev–Trinajstić information content (AvgIpc) is 2.66. The Hall–Kier alpha value is -1.90. The normalized spacial score (nSPS) is 23.4. The Labute approximate surface area is 173 Å². The van der Waals surface area contributed by atoms with Crippen LogP contribution in [0.15, 0.2) is 18.2 Å². The highest BCUT2D eigenvalue weighted by Crippen LogP contribution is 2.28. The van der Waals surface area contributed by atoms with E-state index < -0.39 is 30.1 Å². The van der Waals surface area contributed by atoms with Gasteiger partial charge in [-0.2, -0.15) is 13.2 Å². The van der Waals surface area contributed by atoms with E-state index in [1.54, 1.807) is 0 Å². The summed E-state index contributed by atoms with van der Waals surface area (Å²) in [6.45, 7) is 3.90. The topological polar surface area (TPSA) is 35.6 Å². The van der Waals surface area contributed by atoms with Crippen molar-refractivity contribution in [3.63, 3.8) is 0 Å². The van der Waals surface area contributed by atoms with E-state index in [1.807, 2.05) is 4.90 Å². The van der Waals surface area contributed by atoms with E-state index in [0.717, 1.165) is 45.0 Å². The number of piperazine rings is 1. The van der Waals surface area contributed by atoms with Crippen molar-refractivity contribution >= 4 is 11.6 Å². The lowest BCUT2D eigenvalue weighted by atomic mass is 9.84. The van der Waals surface area contributed by atoms with Gasteiger partial charge >= 0.3 is 6.18 Å². The number of rotatable bonds is 6. The molecular formula is C21H28F5N3O. The highest BCUT2D eigenvalue weighted by atomic mass is 19.4. The molecule has 0 aromatic heterocycles. The van der Waals surface area contributed by atoms with Crippen LogP contribution < -0.4 is 10.2 Å². The van der Waals surface area contributed by atoms with Gasteiger partial charge in [0.05, 0.1) is 5.69 Å². The zero-order valence-electron chi connectivity index (χ0n) is 16.9. The molecule has 4 nitrogen and oxygen atoms in total. The summed E-state index contributed by atoms with van der Waals surface area (Å²) in [6, 6.07) is 3.49. The van der Waals surface area contributed by atoms with Crippen LogP contribution in [0.1, 0.15) is 38.5 Å². The van der Waals surface area contributed by atoms with Crippen LogP contribution in [0.5, 0.6) is 0 Å². The fourth-order valence-electron chi connectivity index (χ4n) is 4.37. The molecular weight excluding hydrogens is 405 g/mol. The summed E-state index contributed by atoms with van der Waals surface area (Å²) in [7, 11) is 0. The molecule has 1 heterocycles. The van der Waals surface area contributed by atoms with Gasteiger partial charge in [-0.3, -0.25) is 9.69 Å². The lowest BCUT2D eigenvalue weighted by molar-refractivity contribution is -0.154. The summed E-state index contributed by atoms with van der Waals surface area (Å²) in [5.74, 6) is -1.55. The summed E-state index contributed by atoms with van der Waals surface area (Å²) in [6.07, 6.45) is -1.64. The Morgan fingerprint density at radius 1 is 1.03 bits per heavy atom. The number of carbonyl (C=O) groups excluding carboxylic acids is 1. The van der Waals surface area contributed by atoms with E-state index in [4.69, 9.17) is 0 Å². The molecule has 1 aromatic rings. The maximum absolute atomic E-state index is 13.9. The zero-order chi connectivity index (χ0) is 21.7. The number of nitrogens with one attached hydrogen (secondary N) is 1. The predicted octanol–water partition coefficient (Wildman–Crippen LogP) is 4.10. The standard InChI is InChI=1S/C21H28F5N3O/c22-16-3-6-19(18(23)13-16)29-11-9-28(10-12-29)8-7-15-1-4-17(5-2-15)27-20(30)14-21(24,25)26/h3,6,13,15,17H,1-2,4-5,7-12,14H2,(H,27,30). The molecule has 0 radical (unpaired) electrons. The van der Waals surface area contributed by atoms with E-state index in [1.165, 1.54) is 12.1 Å². The van der Waals surface area contributed by atoms with Crippen LogP contribution in [0, 0.1) is 17.6 Å². The highest BCUT2D eigenvalue weighted by molar-refractivity contribution is 5.76. The zero-order valence-corrected chi connectivity index (χ0v) is 16.9. The van der Waals surface area contributed by atoms with E-state index in [2.05, 4.69) is 10.2 Å². The van der Waals surface area contributed by atoms with E-state index in [-0.39, 0.29) is 6.04 Å². The van der Waals surface area contributed by atoms with Gasteiger partial charge in [-0.05, 0) is 56.7 Å². The molecule has 2 aliphatic rings. The van der Waals surface area contributed by atoms with Crippen molar-refractivity contribution in [2.45, 2.75) is 50.7 Å². The lowest BCUT2D eigenvalue weighted by Crippen LogP contribution is -2.47. The van der Waals surface area contributed by atoms with Crippen LogP contribution in [0.3, 0.4) is 0 Å². The molecule has 9 heteroatoms. The monoisotopic (exact) mass is 433 g/mol. The SMILES string of the molecule is O=C(CC(F)(F)F)NC1CCC(CCN2CCN(c3ccc(F)cc3F)CC2)CC1. The number of halogens is 5. The summed E-state index contributed by atoms with van der Waals surface area (Å²) >= 11 is 0. The van der Waals surface area contributed by atoms with Gasteiger partial charge in [-0.1, -0.05) is 0 Å². The Balaban J connectivity index is 1.33. The van der Waals surface area contributed by atoms with Gasteiger partial charge in [0, 0.05) is 38.3 Å². The highest BCUT2D eigenvalue weighted by Gasteiger charge is 2.32. The van der Waals surface area contributed by atoms with Crippen molar-refractivity contribution in [2.75, 3.05) is 37.6 Å². The quantitative estimate of drug-likeness (QED) is 0.686. The van der Waals surface area contributed by atoms with Gasteiger partial charge in [0.2, 0.25) is 5.91 Å². The van der Waals surface area contributed by atoms with Crippen molar-refractivity contribution < 1.29 is 26.7 Å². The molecule has 1 aliphatic heterocycles. The fourth-order valence-corrected chi connectivity index (χ4v) is 4.37. The second-order valence-corrected chi connectivity index (χ2v) is 8.29. The molecule has 168 valence electrons. The third kappa shape index (κ3) is 6.82. The van der Waals surface area contributed by atoms with Gasteiger partial charge in [-0.15, -0.1) is 0 Å². The van der Waals surface area contributed by atoms with Crippen molar-refractivity contribution in [1.29, 1.82) is 0 Å². The first-order chi connectivity index (χ1) is 14.2. The van der Waals surface area contributed by atoms with Crippen molar-refractivity contribution in [3.05, 3.63) is 29.8 Å². The third-order valence-corrected chi connectivity index (χ3v) is 6.05. The number of amides is 1. The molecule has 0 bridgehead atoms. The smallest absolute Gasteiger partial charge is 0.367 e. The number of hydrogen-bond donors (Lipinski definition) is 1. The summed E-state index contributed by atoms with van der Waals surface area (Å²) in [4.78, 5) is 15.7. The number of hydrogen-bond acceptors (Lipinski definition) is 3. The minimum Gasteiger partial charge on any atom is -0.367 e. The largest absolute Gasteiger partial charge is 0.397 e. The fraction of sp³-hybridized carbons (Fsp3) is 0.667. The minimum atomic E-state index is -4.46. The number of alkyl halides is 3. The van der Waals surface area contributed by atoms with E-state index in [0.29, 0.717) is 37.5 Å². The van der Waals surface area contributed by atoms with Crippen LogP contribution >= 0.6 is 0 Å². The molecule has 0 spiro atoms. The number of anilines is 1. The van der Waals surface area contributed by atoms with Gasteiger partial charge in [0.1, 0.15) is 18.1 Å². The number of carbonyl (C=O) groups is 1. The van der Waals surface area contributed by atoms with Gasteiger partial charge < -0.3 is 10.2 Å². The molecule has 1 amide bonds. The number of benzene rings is 1. The molecule has 2 fully saturated rings. The molecule has 30 heavy (non-hydrogen) atoms. The predicted molar refractivity (Wildman–Crippen MR) is 104 cm³/mol. The Bertz CT molecular complexity index is 711. The van der Waals surface area contributed by atoms with Crippen LogP contribution in [0.2, 0.25) is 0 Å². The minimum absolute atomic E-state index is 0.162. The average molecular weight is 433 g/mol. The first kappa shape index (κ1) is 22.8. The maximum atomic E-state index is 13.9. The molecule has 1 aliphatic carbocycles. The summed E-state index contributed by atoms with van der Waals surface area (Å²) < 4.78 is 63.8. The van der Waals surface area contributed by atoms with Crippen molar-refractivity contribution in [1.82, 2.24) is 10.2 Å². The molecule has 1 N–H and O–H groups in total. The second kappa shape index (κ2) is 9.94. The Kier molecular flexibility index (Phi) is 7.55. The number of nitrogens with zero attached hydrogens (tertiary/aromatic N) is 2. The van der Waals surface area contributed by atoms with Crippen LogP contribution in [0.25, 0.3) is 0 Å².